The van der Waals surface area contributed by atoms with Gasteiger partial charge in [0, 0.05) is 12.3 Å². The molecule has 0 saturated heterocycles. The highest BCUT2D eigenvalue weighted by Gasteiger charge is 2.16. The maximum atomic E-state index is 12.3. The van der Waals surface area contributed by atoms with Crippen LogP contribution in [0.2, 0.25) is 0 Å². The number of methoxy groups -OCH3 is 2. The molecular formula is C20H20N2O7S. The Morgan fingerprint density at radius 3 is 2.60 bits per heavy atom. The first-order valence-corrected chi connectivity index (χ1v) is 10.8. The molecule has 0 unspecified atom stereocenters. The molecule has 0 aliphatic rings. The third-order valence-corrected chi connectivity index (χ3v) is 4.89. The number of carbonyl (C=O) groups is 1. The molecule has 30 heavy (non-hydrogen) atoms. The van der Waals surface area contributed by atoms with E-state index >= 15 is 0 Å². The van der Waals surface area contributed by atoms with Gasteiger partial charge >= 0.3 is 5.97 Å². The van der Waals surface area contributed by atoms with Gasteiger partial charge in [-0.3, -0.25) is 0 Å². The van der Waals surface area contributed by atoms with E-state index in [4.69, 9.17) is 18.7 Å². The van der Waals surface area contributed by atoms with Crippen molar-refractivity contribution in [2.75, 3.05) is 20.5 Å². The zero-order valence-electron chi connectivity index (χ0n) is 16.6. The maximum Gasteiger partial charge on any atom is 0.338 e. The van der Waals surface area contributed by atoms with Gasteiger partial charge < -0.3 is 18.7 Å². The monoisotopic (exact) mass is 432 g/mol. The van der Waals surface area contributed by atoms with Gasteiger partial charge in [-0.25, -0.2) is 13.2 Å². The largest absolute Gasteiger partial charge is 0.497 e. The van der Waals surface area contributed by atoms with Gasteiger partial charge in [0.1, 0.15) is 11.5 Å². The number of nitrogens with zero attached hydrogens (tertiary/aromatic N) is 2. The molecule has 0 aliphatic heterocycles. The standard InChI is InChI=1S/C20H20N2O7S/c1-26-15-7-8-16(17(10-15)27-2)19-21-18(29-22-19)11-28-20(23)14-6-4-5-13(9-14)12-30(3,24)25/h4-10H,11-12H2,1-3H3. The molecular weight excluding hydrogens is 412 g/mol. The zero-order chi connectivity index (χ0) is 21.7. The second-order valence-electron chi connectivity index (χ2n) is 6.42. The third kappa shape index (κ3) is 5.35. The molecule has 0 aliphatic carbocycles. The fourth-order valence-electron chi connectivity index (χ4n) is 2.71. The SMILES string of the molecule is COc1ccc(-c2noc(COC(=O)c3cccc(CS(C)(=O)=O)c3)n2)c(OC)c1. The Kier molecular flexibility index (Phi) is 6.36. The van der Waals surface area contributed by atoms with E-state index in [0.29, 0.717) is 22.6 Å². The highest BCUT2D eigenvalue weighted by Crippen LogP contribution is 2.31. The normalized spacial score (nSPS) is 11.2. The average Bonchev–Trinajstić information content (AvgIpc) is 3.19. The van der Waals surface area contributed by atoms with Crippen LogP contribution in [0.1, 0.15) is 21.8 Å². The Balaban J connectivity index is 1.69. The third-order valence-electron chi connectivity index (χ3n) is 4.04. The Morgan fingerprint density at radius 2 is 1.90 bits per heavy atom. The molecule has 0 fully saturated rings. The van der Waals surface area contributed by atoms with Crippen LogP contribution < -0.4 is 9.47 Å². The van der Waals surface area contributed by atoms with Crippen molar-refractivity contribution in [1.82, 2.24) is 10.1 Å². The van der Waals surface area contributed by atoms with Crippen LogP contribution in [0.3, 0.4) is 0 Å². The van der Waals surface area contributed by atoms with Crippen LogP contribution in [0.25, 0.3) is 11.4 Å². The lowest BCUT2D eigenvalue weighted by molar-refractivity contribution is 0.0429. The first kappa shape index (κ1) is 21.3. The van der Waals surface area contributed by atoms with Crippen LogP contribution in [0.5, 0.6) is 11.5 Å². The van der Waals surface area contributed by atoms with Gasteiger partial charge in [-0.2, -0.15) is 4.98 Å². The molecule has 0 spiro atoms. The number of esters is 1. The first-order chi connectivity index (χ1) is 14.3. The molecule has 3 rings (SSSR count). The van der Waals surface area contributed by atoms with Crippen molar-refractivity contribution in [3.05, 3.63) is 59.5 Å². The Morgan fingerprint density at radius 1 is 1.10 bits per heavy atom. The van der Waals surface area contributed by atoms with E-state index < -0.39 is 15.8 Å². The quantitative estimate of drug-likeness (QED) is 0.495. The Bertz CT molecular complexity index is 1160. The van der Waals surface area contributed by atoms with Crippen molar-refractivity contribution in [3.8, 4) is 22.9 Å². The van der Waals surface area contributed by atoms with Crippen LogP contribution in [-0.4, -0.2) is 45.0 Å². The molecule has 2 aromatic carbocycles. The molecule has 158 valence electrons. The van der Waals surface area contributed by atoms with Crippen LogP contribution in [-0.2, 0) is 26.9 Å². The highest BCUT2D eigenvalue weighted by atomic mass is 32.2. The highest BCUT2D eigenvalue weighted by molar-refractivity contribution is 7.89. The van der Waals surface area contributed by atoms with Crippen LogP contribution in [0, 0.1) is 0 Å². The summed E-state index contributed by atoms with van der Waals surface area (Å²) in [5, 5.41) is 3.89. The van der Waals surface area contributed by atoms with Gasteiger partial charge in [-0.15, -0.1) is 0 Å². The van der Waals surface area contributed by atoms with E-state index in [0.717, 1.165) is 6.26 Å². The lowest BCUT2D eigenvalue weighted by Gasteiger charge is -2.07. The Labute approximate surface area is 173 Å². The van der Waals surface area contributed by atoms with Gasteiger partial charge in [0.25, 0.3) is 5.89 Å². The molecule has 1 aromatic heterocycles. The van der Waals surface area contributed by atoms with Crippen LogP contribution in [0.4, 0.5) is 0 Å². The summed E-state index contributed by atoms with van der Waals surface area (Å²) in [4.78, 5) is 16.5. The van der Waals surface area contributed by atoms with Gasteiger partial charge in [0.15, 0.2) is 16.4 Å². The lowest BCUT2D eigenvalue weighted by atomic mass is 10.1. The minimum absolute atomic E-state index is 0.100. The number of sulfone groups is 1. The fraction of sp³-hybridized carbons (Fsp3) is 0.250. The molecule has 1 heterocycles. The van der Waals surface area contributed by atoms with E-state index in [-0.39, 0.29) is 29.6 Å². The smallest absolute Gasteiger partial charge is 0.338 e. The van der Waals surface area contributed by atoms with Gasteiger partial charge in [0.05, 0.1) is 31.1 Å². The molecule has 9 nitrogen and oxygen atoms in total. The second kappa shape index (κ2) is 8.95. The zero-order valence-corrected chi connectivity index (χ0v) is 17.4. The van der Waals surface area contributed by atoms with Crippen LogP contribution in [0.15, 0.2) is 47.0 Å². The first-order valence-electron chi connectivity index (χ1n) is 8.78. The predicted octanol–water partition coefficient (Wildman–Crippen LogP) is 2.66. The van der Waals surface area contributed by atoms with Gasteiger partial charge in [0.2, 0.25) is 5.82 Å². The summed E-state index contributed by atoms with van der Waals surface area (Å²) in [6.07, 6.45) is 1.13. The molecule has 3 aromatic rings. The molecule has 10 heteroatoms. The van der Waals surface area contributed by atoms with Crippen molar-refractivity contribution in [3.63, 3.8) is 0 Å². The topological polar surface area (TPSA) is 118 Å². The minimum Gasteiger partial charge on any atom is -0.497 e. The molecule has 0 radical (unpaired) electrons. The summed E-state index contributed by atoms with van der Waals surface area (Å²) < 4.78 is 43.7. The number of benzene rings is 2. The van der Waals surface area contributed by atoms with E-state index in [1.165, 1.54) is 19.2 Å². The van der Waals surface area contributed by atoms with Crippen molar-refractivity contribution < 1.29 is 31.9 Å². The van der Waals surface area contributed by atoms with Crippen molar-refractivity contribution >= 4 is 15.8 Å². The number of hydrogen-bond acceptors (Lipinski definition) is 9. The molecule has 0 bridgehead atoms. The summed E-state index contributed by atoms with van der Waals surface area (Å²) in [5.74, 6) is 0.698. The number of carbonyl (C=O) groups excluding carboxylic acids is 1. The number of hydrogen-bond donors (Lipinski definition) is 0. The summed E-state index contributed by atoms with van der Waals surface area (Å²) >= 11 is 0. The van der Waals surface area contributed by atoms with Crippen LogP contribution >= 0.6 is 0 Å². The van der Waals surface area contributed by atoms with Crippen molar-refractivity contribution in [2.45, 2.75) is 12.4 Å². The maximum absolute atomic E-state index is 12.3. The second-order valence-corrected chi connectivity index (χ2v) is 8.56. The van der Waals surface area contributed by atoms with Gasteiger partial charge in [-0.05, 0) is 29.8 Å². The lowest BCUT2D eigenvalue weighted by Crippen LogP contribution is -2.07. The molecule has 0 atom stereocenters. The fourth-order valence-corrected chi connectivity index (χ4v) is 3.49. The molecule has 0 amide bonds. The number of rotatable bonds is 8. The van der Waals surface area contributed by atoms with E-state index in [2.05, 4.69) is 10.1 Å². The van der Waals surface area contributed by atoms with E-state index in [1.807, 2.05) is 0 Å². The summed E-state index contributed by atoms with van der Waals surface area (Å²) in [5.41, 5.74) is 1.32. The minimum atomic E-state index is -3.21. The van der Waals surface area contributed by atoms with E-state index in [1.54, 1.807) is 37.4 Å². The number of ether oxygens (including phenoxy) is 3. The summed E-state index contributed by atoms with van der Waals surface area (Å²) in [6, 6.07) is 11.4. The summed E-state index contributed by atoms with van der Waals surface area (Å²) in [6.45, 7) is -0.236. The van der Waals surface area contributed by atoms with Gasteiger partial charge in [-0.1, -0.05) is 17.3 Å². The molecule has 0 N–H and O–H groups in total. The average molecular weight is 432 g/mol. The van der Waals surface area contributed by atoms with E-state index in [9.17, 15) is 13.2 Å². The van der Waals surface area contributed by atoms with Crippen molar-refractivity contribution in [1.29, 1.82) is 0 Å². The predicted molar refractivity (Wildman–Crippen MR) is 107 cm³/mol. The number of aromatic nitrogens is 2. The molecule has 0 saturated carbocycles. The Hall–Kier alpha value is -3.40. The van der Waals surface area contributed by atoms with Crippen molar-refractivity contribution in [2.24, 2.45) is 0 Å². The summed E-state index contributed by atoms with van der Waals surface area (Å²) in [7, 11) is -0.152.